The van der Waals surface area contributed by atoms with Crippen LogP contribution < -0.4 is 11.1 Å². The Morgan fingerprint density at radius 2 is 2.20 bits per heavy atom. The van der Waals surface area contributed by atoms with Gasteiger partial charge in [-0.25, -0.2) is 4.98 Å². The zero-order chi connectivity index (χ0) is 14.7. The summed E-state index contributed by atoms with van der Waals surface area (Å²) < 4.78 is 5.53. The van der Waals surface area contributed by atoms with Crippen molar-refractivity contribution in [2.24, 2.45) is 11.7 Å². The van der Waals surface area contributed by atoms with Crippen LogP contribution in [0.4, 0.5) is 5.69 Å². The third kappa shape index (κ3) is 2.99. The fourth-order valence-electron chi connectivity index (χ4n) is 1.94. The maximum absolute atomic E-state index is 12.0. The maximum atomic E-state index is 12.0. The molecule has 2 aromatic rings. The second-order valence-electron chi connectivity index (χ2n) is 5.04. The Labute approximate surface area is 118 Å². The van der Waals surface area contributed by atoms with Crippen LogP contribution in [0.5, 0.6) is 0 Å². The Morgan fingerprint density at radius 1 is 1.45 bits per heavy atom. The lowest BCUT2D eigenvalue weighted by Gasteiger charge is -2.17. The quantitative estimate of drug-likeness (QED) is 0.879. The molecule has 0 aliphatic carbocycles. The van der Waals surface area contributed by atoms with Crippen molar-refractivity contribution in [2.75, 3.05) is 5.32 Å². The molecule has 0 fully saturated rings. The standard InChI is InChI=1S/C15H21N3O2/c1-4-9(3)14(16)15(19)17-10-6-7-12-11(8-10)18-13(5-2)20-12/h6-9,14H,4-5,16H2,1-3H3,(H,17,19). The predicted molar refractivity (Wildman–Crippen MR) is 79.4 cm³/mol. The number of hydrogen-bond donors (Lipinski definition) is 2. The van der Waals surface area contributed by atoms with Gasteiger partial charge in [-0.3, -0.25) is 4.79 Å². The molecule has 0 saturated heterocycles. The zero-order valence-corrected chi connectivity index (χ0v) is 12.1. The number of carbonyl (C=O) groups is 1. The van der Waals surface area contributed by atoms with Gasteiger partial charge in [-0.2, -0.15) is 0 Å². The molecule has 1 aromatic carbocycles. The van der Waals surface area contributed by atoms with E-state index in [1.165, 1.54) is 0 Å². The van der Waals surface area contributed by atoms with E-state index in [0.717, 1.165) is 23.9 Å². The summed E-state index contributed by atoms with van der Waals surface area (Å²) in [5.74, 6) is 0.676. The summed E-state index contributed by atoms with van der Waals surface area (Å²) in [4.78, 5) is 16.4. The van der Waals surface area contributed by atoms with E-state index in [-0.39, 0.29) is 11.8 Å². The van der Waals surface area contributed by atoms with E-state index in [2.05, 4.69) is 10.3 Å². The van der Waals surface area contributed by atoms with Crippen LogP contribution in [-0.4, -0.2) is 16.9 Å². The Kier molecular flexibility index (Phi) is 4.39. The number of nitrogens with zero attached hydrogens (tertiary/aromatic N) is 1. The highest BCUT2D eigenvalue weighted by molar-refractivity contribution is 5.96. The monoisotopic (exact) mass is 275 g/mol. The van der Waals surface area contributed by atoms with Crippen LogP contribution in [0.3, 0.4) is 0 Å². The highest BCUT2D eigenvalue weighted by Crippen LogP contribution is 2.20. The van der Waals surface area contributed by atoms with E-state index in [1.807, 2.05) is 26.8 Å². The first-order chi connectivity index (χ1) is 9.55. The largest absolute Gasteiger partial charge is 0.441 e. The lowest BCUT2D eigenvalue weighted by molar-refractivity contribution is -0.118. The number of nitrogens with one attached hydrogen (secondary N) is 1. The predicted octanol–water partition coefficient (Wildman–Crippen LogP) is 2.70. The summed E-state index contributed by atoms with van der Waals surface area (Å²) in [5.41, 5.74) is 8.08. The summed E-state index contributed by atoms with van der Waals surface area (Å²) in [5, 5.41) is 2.83. The van der Waals surface area contributed by atoms with E-state index in [0.29, 0.717) is 11.6 Å². The Morgan fingerprint density at radius 3 is 2.85 bits per heavy atom. The summed E-state index contributed by atoms with van der Waals surface area (Å²) in [6.45, 7) is 5.97. The summed E-state index contributed by atoms with van der Waals surface area (Å²) >= 11 is 0. The minimum atomic E-state index is -0.501. The number of amides is 1. The van der Waals surface area contributed by atoms with Crippen molar-refractivity contribution in [3.05, 3.63) is 24.1 Å². The van der Waals surface area contributed by atoms with Crippen LogP contribution in [0.2, 0.25) is 0 Å². The van der Waals surface area contributed by atoms with Gasteiger partial charge < -0.3 is 15.5 Å². The minimum absolute atomic E-state index is 0.150. The van der Waals surface area contributed by atoms with Crippen LogP contribution in [0.1, 0.15) is 33.1 Å². The topological polar surface area (TPSA) is 81.2 Å². The van der Waals surface area contributed by atoms with Crippen LogP contribution >= 0.6 is 0 Å². The molecular formula is C15H21N3O2. The van der Waals surface area contributed by atoms with Crippen LogP contribution in [0, 0.1) is 5.92 Å². The minimum Gasteiger partial charge on any atom is -0.441 e. The molecule has 1 heterocycles. The van der Waals surface area contributed by atoms with Gasteiger partial charge in [-0.1, -0.05) is 27.2 Å². The van der Waals surface area contributed by atoms with E-state index in [9.17, 15) is 4.79 Å². The molecule has 0 saturated carbocycles. The number of carbonyl (C=O) groups excluding carboxylic acids is 1. The lowest BCUT2D eigenvalue weighted by atomic mass is 9.99. The van der Waals surface area contributed by atoms with Crippen molar-refractivity contribution in [1.29, 1.82) is 0 Å². The first-order valence-electron chi connectivity index (χ1n) is 7.01. The average molecular weight is 275 g/mol. The summed E-state index contributed by atoms with van der Waals surface area (Å²) in [6.07, 6.45) is 1.62. The number of fused-ring (bicyclic) bond motifs is 1. The molecule has 5 heteroatoms. The van der Waals surface area contributed by atoms with Crippen LogP contribution in [0.25, 0.3) is 11.1 Å². The third-order valence-electron chi connectivity index (χ3n) is 3.56. The molecule has 0 bridgehead atoms. The molecule has 2 atom stereocenters. The second-order valence-corrected chi connectivity index (χ2v) is 5.04. The normalized spacial score (nSPS) is 14.2. The zero-order valence-electron chi connectivity index (χ0n) is 12.1. The number of hydrogen-bond acceptors (Lipinski definition) is 4. The molecule has 0 aliphatic heterocycles. The number of benzene rings is 1. The van der Waals surface area contributed by atoms with Gasteiger partial charge in [0.25, 0.3) is 0 Å². The second kappa shape index (κ2) is 6.05. The van der Waals surface area contributed by atoms with Crippen molar-refractivity contribution in [3.8, 4) is 0 Å². The number of aryl methyl sites for hydroxylation is 1. The molecule has 2 rings (SSSR count). The molecule has 2 unspecified atom stereocenters. The molecule has 0 aliphatic rings. The highest BCUT2D eigenvalue weighted by atomic mass is 16.3. The Bertz CT molecular complexity index is 606. The highest BCUT2D eigenvalue weighted by Gasteiger charge is 2.19. The van der Waals surface area contributed by atoms with Crippen molar-refractivity contribution in [1.82, 2.24) is 4.98 Å². The first-order valence-corrected chi connectivity index (χ1v) is 7.01. The smallest absolute Gasteiger partial charge is 0.241 e. The number of rotatable bonds is 5. The first kappa shape index (κ1) is 14.5. The van der Waals surface area contributed by atoms with Gasteiger partial charge in [0.1, 0.15) is 5.52 Å². The van der Waals surface area contributed by atoms with Gasteiger partial charge in [0.2, 0.25) is 5.91 Å². The molecule has 20 heavy (non-hydrogen) atoms. The van der Waals surface area contributed by atoms with E-state index >= 15 is 0 Å². The van der Waals surface area contributed by atoms with E-state index in [1.54, 1.807) is 12.1 Å². The van der Waals surface area contributed by atoms with Crippen molar-refractivity contribution < 1.29 is 9.21 Å². The maximum Gasteiger partial charge on any atom is 0.241 e. The molecule has 0 spiro atoms. The third-order valence-corrected chi connectivity index (χ3v) is 3.56. The fraction of sp³-hybridized carbons (Fsp3) is 0.467. The van der Waals surface area contributed by atoms with Gasteiger partial charge in [0.05, 0.1) is 6.04 Å². The van der Waals surface area contributed by atoms with Gasteiger partial charge in [0.15, 0.2) is 11.5 Å². The van der Waals surface area contributed by atoms with Crippen LogP contribution in [0.15, 0.2) is 22.6 Å². The lowest BCUT2D eigenvalue weighted by Crippen LogP contribution is -2.40. The molecular weight excluding hydrogens is 254 g/mol. The number of nitrogens with two attached hydrogens (primary N) is 1. The Hall–Kier alpha value is -1.88. The number of aromatic nitrogens is 1. The molecule has 3 N–H and O–H groups in total. The number of oxazole rings is 1. The summed E-state index contributed by atoms with van der Waals surface area (Å²) in [6, 6.07) is 4.92. The molecule has 1 aromatic heterocycles. The van der Waals surface area contributed by atoms with Gasteiger partial charge in [-0.05, 0) is 24.1 Å². The molecule has 5 nitrogen and oxygen atoms in total. The van der Waals surface area contributed by atoms with Gasteiger partial charge in [-0.15, -0.1) is 0 Å². The average Bonchev–Trinajstić information content (AvgIpc) is 2.87. The fourth-order valence-corrected chi connectivity index (χ4v) is 1.94. The van der Waals surface area contributed by atoms with Crippen molar-refractivity contribution in [3.63, 3.8) is 0 Å². The van der Waals surface area contributed by atoms with E-state index in [4.69, 9.17) is 10.2 Å². The number of anilines is 1. The summed E-state index contributed by atoms with van der Waals surface area (Å²) in [7, 11) is 0. The van der Waals surface area contributed by atoms with Crippen LogP contribution in [-0.2, 0) is 11.2 Å². The molecule has 1 amide bonds. The Balaban J connectivity index is 2.15. The molecule has 108 valence electrons. The van der Waals surface area contributed by atoms with Gasteiger partial charge >= 0.3 is 0 Å². The van der Waals surface area contributed by atoms with E-state index < -0.39 is 6.04 Å². The molecule has 0 radical (unpaired) electrons. The van der Waals surface area contributed by atoms with Crippen molar-refractivity contribution in [2.45, 2.75) is 39.7 Å². The SMILES string of the molecule is CCc1nc2cc(NC(=O)C(N)C(C)CC)ccc2o1. The van der Waals surface area contributed by atoms with Gasteiger partial charge in [0, 0.05) is 12.1 Å². The van der Waals surface area contributed by atoms with Crippen molar-refractivity contribution >= 4 is 22.7 Å².